The predicted octanol–water partition coefficient (Wildman–Crippen LogP) is 5.23. The molecule has 214 valence electrons. The number of methoxy groups -OCH3 is 1. The van der Waals surface area contributed by atoms with Gasteiger partial charge in [-0.3, -0.25) is 14.4 Å². The number of Topliss-reactive ketones (excluding diaryl/α,β-unsaturated/α-hetero) is 1. The van der Waals surface area contributed by atoms with Crippen LogP contribution in [0.5, 0.6) is 5.75 Å². The molecule has 3 aromatic carbocycles. The molecule has 1 aliphatic heterocycles. The van der Waals surface area contributed by atoms with Crippen molar-refractivity contribution < 1.29 is 33.0 Å². The first kappa shape index (κ1) is 29.2. The summed E-state index contributed by atoms with van der Waals surface area (Å²) in [7, 11) is 1.56. The van der Waals surface area contributed by atoms with E-state index in [0.717, 1.165) is 34.4 Å². The fourth-order valence-electron chi connectivity index (χ4n) is 4.34. The van der Waals surface area contributed by atoms with E-state index in [4.69, 9.17) is 9.47 Å². The molecule has 2 heterocycles. The maximum Gasteiger partial charge on any atom is 0.338 e. The third-order valence-corrected chi connectivity index (χ3v) is 7.75. The lowest BCUT2D eigenvalue weighted by molar-refractivity contribution is -0.121. The third-order valence-electron chi connectivity index (χ3n) is 6.57. The number of thioether (sulfide) groups is 1. The van der Waals surface area contributed by atoms with E-state index in [1.807, 2.05) is 12.1 Å². The largest absolute Gasteiger partial charge is 0.497 e. The van der Waals surface area contributed by atoms with Crippen molar-refractivity contribution >= 4 is 41.0 Å². The predicted molar refractivity (Wildman–Crippen MR) is 155 cm³/mol. The zero-order valence-electron chi connectivity index (χ0n) is 22.7. The van der Waals surface area contributed by atoms with Crippen LogP contribution in [0.15, 0.2) is 90.0 Å². The van der Waals surface area contributed by atoms with Gasteiger partial charge in [-0.15, -0.1) is 0 Å². The number of hydrogen-bond donors (Lipinski definition) is 0. The van der Waals surface area contributed by atoms with Crippen LogP contribution in [-0.2, 0) is 14.3 Å². The van der Waals surface area contributed by atoms with Crippen molar-refractivity contribution in [2.45, 2.75) is 16.7 Å². The van der Waals surface area contributed by atoms with Gasteiger partial charge in [-0.05, 0) is 72.8 Å². The lowest BCUT2D eigenvalue weighted by Crippen LogP contribution is -2.31. The maximum atomic E-state index is 13.3. The number of ether oxygens (including phenoxy) is 2. The van der Waals surface area contributed by atoms with E-state index in [1.165, 1.54) is 36.4 Å². The van der Waals surface area contributed by atoms with Gasteiger partial charge >= 0.3 is 5.97 Å². The standard InChI is InChI=1S/C32H22FN3O6S/c1-41-25-4-2-3-21(15-25)26-14-9-22(17-34)30(35-26)43-28-16-29(38)36(31(28)39)24-12-7-20(8-13-24)32(40)42-18-27(37)19-5-10-23(33)11-6-19/h2-15,28H,16,18H2,1H3. The Hall–Kier alpha value is -5.34. The molecule has 2 amide bonds. The Morgan fingerprint density at radius 2 is 1.74 bits per heavy atom. The quantitative estimate of drug-likeness (QED) is 0.145. The molecule has 43 heavy (non-hydrogen) atoms. The minimum Gasteiger partial charge on any atom is -0.497 e. The number of carbonyl (C=O) groups is 4. The number of hydrogen-bond acceptors (Lipinski definition) is 9. The Morgan fingerprint density at radius 1 is 1.02 bits per heavy atom. The normalized spacial score (nSPS) is 14.3. The van der Waals surface area contributed by atoms with Gasteiger partial charge in [-0.25, -0.2) is 19.1 Å². The highest BCUT2D eigenvalue weighted by molar-refractivity contribution is 8.00. The molecule has 0 N–H and O–H groups in total. The van der Waals surface area contributed by atoms with Gasteiger partial charge in [0.15, 0.2) is 12.4 Å². The van der Waals surface area contributed by atoms with Gasteiger partial charge < -0.3 is 9.47 Å². The van der Waals surface area contributed by atoms with Crippen molar-refractivity contribution in [3.63, 3.8) is 0 Å². The Labute approximate surface area is 249 Å². The minimum atomic E-state index is -0.810. The van der Waals surface area contributed by atoms with E-state index < -0.39 is 41.2 Å². The molecule has 1 saturated heterocycles. The SMILES string of the molecule is COc1cccc(-c2ccc(C#N)c(SC3CC(=O)N(c4ccc(C(=O)OCC(=O)c5ccc(F)cc5)cc4)C3=O)n2)c1. The van der Waals surface area contributed by atoms with Crippen LogP contribution >= 0.6 is 11.8 Å². The Morgan fingerprint density at radius 3 is 2.44 bits per heavy atom. The number of pyridine rings is 1. The number of benzene rings is 3. The number of aromatic nitrogens is 1. The fraction of sp³-hybridized carbons (Fsp3) is 0.125. The summed E-state index contributed by atoms with van der Waals surface area (Å²) < 4.78 is 23.4. The van der Waals surface area contributed by atoms with Gasteiger partial charge in [0.25, 0.3) is 0 Å². The molecule has 11 heteroatoms. The number of nitriles is 1. The number of carbonyl (C=O) groups excluding carboxylic acids is 4. The average molecular weight is 596 g/mol. The van der Waals surface area contributed by atoms with Crippen LogP contribution in [0.1, 0.15) is 32.7 Å². The van der Waals surface area contributed by atoms with E-state index in [1.54, 1.807) is 31.4 Å². The molecule has 0 bridgehead atoms. The molecule has 1 aromatic heterocycles. The van der Waals surface area contributed by atoms with Gasteiger partial charge in [0.1, 0.15) is 22.7 Å². The van der Waals surface area contributed by atoms with Crippen LogP contribution in [-0.4, -0.2) is 47.5 Å². The molecule has 0 radical (unpaired) electrons. The molecule has 9 nitrogen and oxygen atoms in total. The van der Waals surface area contributed by atoms with E-state index in [9.17, 15) is 28.8 Å². The van der Waals surface area contributed by atoms with Crippen LogP contribution in [0, 0.1) is 17.1 Å². The number of esters is 1. The summed E-state index contributed by atoms with van der Waals surface area (Å²) in [5, 5.41) is 9.15. The van der Waals surface area contributed by atoms with Crippen molar-refractivity contribution in [2.24, 2.45) is 0 Å². The second kappa shape index (κ2) is 12.7. The van der Waals surface area contributed by atoms with E-state index in [0.29, 0.717) is 16.5 Å². The van der Waals surface area contributed by atoms with Crippen LogP contribution in [0.2, 0.25) is 0 Å². The fourth-order valence-corrected chi connectivity index (χ4v) is 5.43. The highest BCUT2D eigenvalue weighted by atomic mass is 32.2. The molecule has 5 rings (SSSR count). The molecule has 1 aliphatic rings. The summed E-state index contributed by atoms with van der Waals surface area (Å²) in [6.07, 6.45) is -0.102. The summed E-state index contributed by atoms with van der Waals surface area (Å²) in [4.78, 5) is 56.5. The van der Waals surface area contributed by atoms with Crippen molar-refractivity contribution in [1.29, 1.82) is 5.26 Å². The van der Waals surface area contributed by atoms with Gasteiger partial charge in [0.2, 0.25) is 11.8 Å². The summed E-state index contributed by atoms with van der Waals surface area (Å²) in [5.74, 6) is -2.04. The number of imide groups is 1. The molecule has 0 saturated carbocycles. The van der Waals surface area contributed by atoms with Gasteiger partial charge in [-0.2, -0.15) is 5.26 Å². The summed E-state index contributed by atoms with van der Waals surface area (Å²) in [6.45, 7) is -0.536. The maximum absolute atomic E-state index is 13.3. The molecule has 0 aliphatic carbocycles. The van der Waals surface area contributed by atoms with E-state index in [-0.39, 0.29) is 28.8 Å². The zero-order chi connectivity index (χ0) is 30.5. The van der Waals surface area contributed by atoms with Crippen LogP contribution in [0.3, 0.4) is 0 Å². The van der Waals surface area contributed by atoms with Crippen LogP contribution in [0.25, 0.3) is 11.3 Å². The molecular weight excluding hydrogens is 573 g/mol. The van der Waals surface area contributed by atoms with Crippen molar-refractivity contribution in [1.82, 2.24) is 4.98 Å². The molecule has 1 fully saturated rings. The number of amides is 2. The number of anilines is 1. The first-order valence-corrected chi connectivity index (χ1v) is 13.8. The number of halogens is 1. The first-order valence-electron chi connectivity index (χ1n) is 12.9. The van der Waals surface area contributed by atoms with Gasteiger partial charge in [0.05, 0.1) is 34.9 Å². The second-order valence-corrected chi connectivity index (χ2v) is 10.5. The Bertz CT molecular complexity index is 1770. The molecule has 1 atom stereocenters. The van der Waals surface area contributed by atoms with Gasteiger partial charge in [-0.1, -0.05) is 23.9 Å². The first-order chi connectivity index (χ1) is 20.8. The van der Waals surface area contributed by atoms with Crippen molar-refractivity contribution in [2.75, 3.05) is 18.6 Å². The third kappa shape index (κ3) is 6.45. The molecule has 1 unspecified atom stereocenters. The summed E-state index contributed by atoms with van der Waals surface area (Å²) in [5.41, 5.74) is 2.19. The molecule has 4 aromatic rings. The molecular formula is C32H22FN3O6S. The smallest absolute Gasteiger partial charge is 0.338 e. The number of rotatable bonds is 9. The van der Waals surface area contributed by atoms with E-state index in [2.05, 4.69) is 11.1 Å². The lowest BCUT2D eigenvalue weighted by atomic mass is 10.1. The average Bonchev–Trinajstić information content (AvgIpc) is 3.31. The van der Waals surface area contributed by atoms with Crippen molar-refractivity contribution in [3.05, 3.63) is 107 Å². The summed E-state index contributed by atoms with van der Waals surface area (Å²) >= 11 is 1.04. The highest BCUT2D eigenvalue weighted by Crippen LogP contribution is 2.36. The highest BCUT2D eigenvalue weighted by Gasteiger charge is 2.41. The van der Waals surface area contributed by atoms with Crippen LogP contribution < -0.4 is 9.64 Å². The molecule has 0 spiro atoms. The number of nitrogens with zero attached hydrogens (tertiary/aromatic N) is 3. The van der Waals surface area contributed by atoms with E-state index >= 15 is 0 Å². The lowest BCUT2D eigenvalue weighted by Gasteiger charge is -2.15. The topological polar surface area (TPSA) is 127 Å². The number of ketones is 1. The zero-order valence-corrected chi connectivity index (χ0v) is 23.5. The second-order valence-electron chi connectivity index (χ2n) is 9.32. The Kier molecular flexibility index (Phi) is 8.59. The Balaban J connectivity index is 1.26. The summed E-state index contributed by atoms with van der Waals surface area (Å²) in [6, 6.07) is 23.2. The van der Waals surface area contributed by atoms with Crippen molar-refractivity contribution in [3.8, 4) is 23.1 Å². The van der Waals surface area contributed by atoms with Crippen LogP contribution in [0.4, 0.5) is 10.1 Å². The monoisotopic (exact) mass is 595 g/mol. The van der Waals surface area contributed by atoms with Gasteiger partial charge in [0, 0.05) is 17.5 Å². The minimum absolute atomic E-state index is 0.102.